The number of carboxylic acids is 2. The third kappa shape index (κ3) is 4.07. The molecule has 0 unspecified atom stereocenters. The summed E-state index contributed by atoms with van der Waals surface area (Å²) in [7, 11) is 0. The standard InChI is InChI=1S/C16H16N2O6/c17-13-3-1-9(7-11(13)15(19)20)23-5-6-24-10-2-4-14(18)12(8-10)16(21)22/h1-4,7-8H,5-6,17-18H2,(H,19,20)(H,21,22). The molecule has 24 heavy (non-hydrogen) atoms. The highest BCUT2D eigenvalue weighted by atomic mass is 16.5. The molecule has 8 nitrogen and oxygen atoms in total. The van der Waals surface area contributed by atoms with Gasteiger partial charge in [0.25, 0.3) is 0 Å². The Bertz CT molecular complexity index is 710. The van der Waals surface area contributed by atoms with Gasteiger partial charge in [0.2, 0.25) is 0 Å². The van der Waals surface area contributed by atoms with Gasteiger partial charge < -0.3 is 31.2 Å². The van der Waals surface area contributed by atoms with Gasteiger partial charge in [-0.05, 0) is 36.4 Å². The van der Waals surface area contributed by atoms with E-state index in [4.69, 9.17) is 31.2 Å². The van der Waals surface area contributed by atoms with Crippen molar-refractivity contribution in [2.75, 3.05) is 24.7 Å². The maximum absolute atomic E-state index is 11.0. The summed E-state index contributed by atoms with van der Waals surface area (Å²) in [5.41, 5.74) is 11.3. The molecule has 0 heterocycles. The Morgan fingerprint density at radius 3 is 1.50 bits per heavy atom. The summed E-state index contributed by atoms with van der Waals surface area (Å²) in [6, 6.07) is 8.63. The van der Waals surface area contributed by atoms with Crippen LogP contribution in [0.3, 0.4) is 0 Å². The number of aromatic carboxylic acids is 2. The number of hydrogen-bond acceptors (Lipinski definition) is 6. The normalized spacial score (nSPS) is 10.2. The molecule has 0 spiro atoms. The average molecular weight is 332 g/mol. The van der Waals surface area contributed by atoms with Crippen LogP contribution in [0, 0.1) is 0 Å². The Kier molecular flexibility index (Phi) is 5.10. The van der Waals surface area contributed by atoms with Crippen LogP contribution in [0.25, 0.3) is 0 Å². The van der Waals surface area contributed by atoms with E-state index in [0.29, 0.717) is 11.5 Å². The van der Waals surface area contributed by atoms with Gasteiger partial charge in [-0.25, -0.2) is 9.59 Å². The zero-order chi connectivity index (χ0) is 17.7. The van der Waals surface area contributed by atoms with E-state index in [2.05, 4.69) is 0 Å². The van der Waals surface area contributed by atoms with Crippen molar-refractivity contribution in [3.8, 4) is 11.5 Å². The number of ether oxygens (including phenoxy) is 2. The maximum Gasteiger partial charge on any atom is 0.337 e. The molecule has 0 amide bonds. The first kappa shape index (κ1) is 16.9. The van der Waals surface area contributed by atoms with E-state index < -0.39 is 11.9 Å². The van der Waals surface area contributed by atoms with Crippen molar-refractivity contribution in [1.82, 2.24) is 0 Å². The number of hydrogen-bond donors (Lipinski definition) is 4. The van der Waals surface area contributed by atoms with Crippen molar-refractivity contribution in [3.05, 3.63) is 47.5 Å². The Balaban J connectivity index is 1.92. The summed E-state index contributed by atoms with van der Waals surface area (Å²) >= 11 is 0. The topological polar surface area (TPSA) is 145 Å². The minimum absolute atomic E-state index is 0.0435. The van der Waals surface area contributed by atoms with E-state index in [0.717, 1.165) is 0 Å². The Labute approximate surface area is 137 Å². The molecule has 0 saturated carbocycles. The summed E-state index contributed by atoms with van der Waals surface area (Å²) in [5.74, 6) is -1.60. The first-order chi connectivity index (χ1) is 11.4. The fourth-order valence-electron chi connectivity index (χ4n) is 1.94. The summed E-state index contributed by atoms with van der Waals surface area (Å²) in [6.45, 7) is 0.269. The minimum atomic E-state index is -1.14. The number of carbonyl (C=O) groups is 2. The van der Waals surface area contributed by atoms with Gasteiger partial charge in [-0.1, -0.05) is 0 Å². The molecule has 2 aromatic carbocycles. The molecule has 0 aliphatic carbocycles. The zero-order valence-electron chi connectivity index (χ0n) is 12.6. The molecule has 0 aliphatic heterocycles. The van der Waals surface area contributed by atoms with Crippen LogP contribution in [0.1, 0.15) is 20.7 Å². The molecule has 0 aromatic heterocycles. The fraction of sp³-hybridized carbons (Fsp3) is 0.125. The SMILES string of the molecule is Nc1ccc(OCCOc2ccc(N)c(C(=O)O)c2)cc1C(=O)O. The van der Waals surface area contributed by atoms with E-state index in [1.54, 1.807) is 12.1 Å². The van der Waals surface area contributed by atoms with Crippen molar-refractivity contribution < 1.29 is 29.3 Å². The van der Waals surface area contributed by atoms with Crippen LogP contribution in [0.2, 0.25) is 0 Å². The molecule has 2 aromatic rings. The quantitative estimate of drug-likeness (QED) is 0.443. The van der Waals surface area contributed by atoms with E-state index in [9.17, 15) is 9.59 Å². The molecule has 126 valence electrons. The summed E-state index contributed by atoms with van der Waals surface area (Å²) in [5, 5.41) is 18.0. The van der Waals surface area contributed by atoms with Gasteiger partial charge in [0.1, 0.15) is 24.7 Å². The van der Waals surface area contributed by atoms with Gasteiger partial charge in [-0.15, -0.1) is 0 Å². The van der Waals surface area contributed by atoms with E-state index in [1.807, 2.05) is 0 Å². The molecule has 0 fully saturated rings. The van der Waals surface area contributed by atoms with Crippen LogP contribution in [-0.4, -0.2) is 35.4 Å². The fourth-order valence-corrected chi connectivity index (χ4v) is 1.94. The molecular weight excluding hydrogens is 316 g/mol. The largest absolute Gasteiger partial charge is 0.490 e. The van der Waals surface area contributed by atoms with E-state index in [-0.39, 0.29) is 35.7 Å². The van der Waals surface area contributed by atoms with Gasteiger partial charge in [0, 0.05) is 11.4 Å². The van der Waals surface area contributed by atoms with Crippen molar-refractivity contribution >= 4 is 23.3 Å². The second-order valence-electron chi connectivity index (χ2n) is 4.81. The molecule has 6 N–H and O–H groups in total. The molecule has 0 atom stereocenters. The Hall–Kier alpha value is -3.42. The number of carboxylic acid groups (broad SMARTS) is 2. The van der Waals surface area contributed by atoms with Crippen LogP contribution in [0.5, 0.6) is 11.5 Å². The number of anilines is 2. The third-order valence-corrected chi connectivity index (χ3v) is 3.13. The molecule has 8 heteroatoms. The van der Waals surface area contributed by atoms with Gasteiger partial charge in [-0.3, -0.25) is 0 Å². The van der Waals surface area contributed by atoms with Crippen LogP contribution in [0.15, 0.2) is 36.4 Å². The lowest BCUT2D eigenvalue weighted by atomic mass is 10.2. The summed E-state index contributed by atoms with van der Waals surface area (Å²) < 4.78 is 10.8. The monoisotopic (exact) mass is 332 g/mol. The first-order valence-corrected chi connectivity index (χ1v) is 6.89. The Morgan fingerprint density at radius 2 is 1.17 bits per heavy atom. The predicted octanol–water partition coefficient (Wildman–Crippen LogP) is 1.71. The van der Waals surface area contributed by atoms with E-state index >= 15 is 0 Å². The number of rotatable bonds is 7. The summed E-state index contributed by atoms with van der Waals surface area (Å²) in [4.78, 5) is 22.0. The lowest BCUT2D eigenvalue weighted by Gasteiger charge is -2.10. The van der Waals surface area contributed by atoms with E-state index in [1.165, 1.54) is 24.3 Å². The summed E-state index contributed by atoms with van der Waals surface area (Å²) in [6.07, 6.45) is 0. The van der Waals surface area contributed by atoms with Crippen molar-refractivity contribution in [1.29, 1.82) is 0 Å². The van der Waals surface area contributed by atoms with Crippen LogP contribution in [-0.2, 0) is 0 Å². The number of benzene rings is 2. The lowest BCUT2D eigenvalue weighted by molar-refractivity contribution is 0.0686. The molecule has 0 radical (unpaired) electrons. The third-order valence-electron chi connectivity index (χ3n) is 3.13. The lowest BCUT2D eigenvalue weighted by Crippen LogP contribution is -2.11. The predicted molar refractivity (Wildman–Crippen MR) is 86.6 cm³/mol. The van der Waals surface area contributed by atoms with Gasteiger partial charge in [-0.2, -0.15) is 0 Å². The highest BCUT2D eigenvalue weighted by Crippen LogP contribution is 2.21. The van der Waals surface area contributed by atoms with Crippen LogP contribution < -0.4 is 20.9 Å². The average Bonchev–Trinajstić information content (AvgIpc) is 2.53. The maximum atomic E-state index is 11.0. The van der Waals surface area contributed by atoms with Gasteiger partial charge >= 0.3 is 11.9 Å². The van der Waals surface area contributed by atoms with Crippen molar-refractivity contribution in [2.45, 2.75) is 0 Å². The van der Waals surface area contributed by atoms with Gasteiger partial charge in [0.15, 0.2) is 0 Å². The smallest absolute Gasteiger partial charge is 0.337 e. The molecule has 0 aliphatic rings. The molecular formula is C16H16N2O6. The zero-order valence-corrected chi connectivity index (χ0v) is 12.6. The molecule has 0 bridgehead atoms. The highest BCUT2D eigenvalue weighted by molar-refractivity contribution is 5.94. The minimum Gasteiger partial charge on any atom is -0.490 e. The van der Waals surface area contributed by atoms with Gasteiger partial charge in [0.05, 0.1) is 11.1 Å². The van der Waals surface area contributed by atoms with Crippen molar-refractivity contribution in [3.63, 3.8) is 0 Å². The molecule has 0 saturated heterocycles. The second-order valence-corrected chi connectivity index (χ2v) is 4.81. The van der Waals surface area contributed by atoms with Crippen LogP contribution >= 0.6 is 0 Å². The van der Waals surface area contributed by atoms with Crippen molar-refractivity contribution in [2.24, 2.45) is 0 Å². The number of nitrogens with two attached hydrogens (primary N) is 2. The highest BCUT2D eigenvalue weighted by Gasteiger charge is 2.10. The molecule has 2 rings (SSSR count). The first-order valence-electron chi connectivity index (χ1n) is 6.89. The Morgan fingerprint density at radius 1 is 0.792 bits per heavy atom. The number of nitrogen functional groups attached to an aromatic ring is 2. The van der Waals surface area contributed by atoms with Crippen LogP contribution in [0.4, 0.5) is 11.4 Å². The second kappa shape index (κ2) is 7.23.